The van der Waals surface area contributed by atoms with Crippen LogP contribution in [0.3, 0.4) is 0 Å². The highest BCUT2D eigenvalue weighted by molar-refractivity contribution is 6.33. The van der Waals surface area contributed by atoms with Crippen LogP contribution in [0.1, 0.15) is 0 Å². The van der Waals surface area contributed by atoms with Gasteiger partial charge in [-0.3, -0.25) is 0 Å². The fourth-order valence-electron chi connectivity index (χ4n) is 0.628. The molecule has 0 atom stereocenters. The van der Waals surface area contributed by atoms with Gasteiger partial charge in [-0.15, -0.1) is 13.2 Å². The number of nitrogens with zero attached hydrogens (tertiary/aromatic N) is 2. The fourth-order valence-corrected chi connectivity index (χ4v) is 0.628. The van der Waals surface area contributed by atoms with Crippen molar-refractivity contribution in [3.63, 3.8) is 0 Å². The molecule has 13 heavy (non-hydrogen) atoms. The summed E-state index contributed by atoms with van der Waals surface area (Å²) in [5.41, 5.74) is 0. The molecule has 0 aliphatic heterocycles. The lowest BCUT2D eigenvalue weighted by Gasteiger charge is -2.04. The number of hydrogen-bond donors (Lipinski definition) is 2. The SMILES string of the molecule is OB(O)Oc1cnn(C(F)(F)F)c1. The topological polar surface area (TPSA) is 67.5 Å². The van der Waals surface area contributed by atoms with Gasteiger partial charge in [0.2, 0.25) is 0 Å². The summed E-state index contributed by atoms with van der Waals surface area (Å²) in [4.78, 5) is 0. The van der Waals surface area contributed by atoms with Gasteiger partial charge in [0, 0.05) is 0 Å². The highest BCUT2D eigenvalue weighted by Crippen LogP contribution is 2.23. The largest absolute Gasteiger partial charge is 0.707 e. The van der Waals surface area contributed by atoms with E-state index < -0.39 is 13.6 Å². The lowest BCUT2D eigenvalue weighted by Crippen LogP contribution is -2.20. The zero-order valence-electron chi connectivity index (χ0n) is 6.06. The van der Waals surface area contributed by atoms with Crippen molar-refractivity contribution in [2.75, 3.05) is 0 Å². The molecule has 0 aliphatic rings. The van der Waals surface area contributed by atoms with E-state index >= 15 is 0 Å². The molecule has 1 heterocycles. The Morgan fingerprint density at radius 3 is 2.46 bits per heavy atom. The van der Waals surface area contributed by atoms with E-state index in [4.69, 9.17) is 10.0 Å². The van der Waals surface area contributed by atoms with Gasteiger partial charge < -0.3 is 14.7 Å². The lowest BCUT2D eigenvalue weighted by molar-refractivity contribution is -0.212. The molecule has 0 bridgehead atoms. The Labute approximate surface area is 70.5 Å². The average Bonchev–Trinajstić information content (AvgIpc) is 2.32. The molecule has 0 saturated carbocycles. The molecule has 5 nitrogen and oxygen atoms in total. The molecule has 0 saturated heterocycles. The predicted molar refractivity (Wildman–Crippen MR) is 34.3 cm³/mol. The van der Waals surface area contributed by atoms with Crippen molar-refractivity contribution in [1.29, 1.82) is 0 Å². The summed E-state index contributed by atoms with van der Waals surface area (Å²) < 4.78 is 39.4. The van der Waals surface area contributed by atoms with Gasteiger partial charge in [0.15, 0.2) is 0 Å². The van der Waals surface area contributed by atoms with E-state index in [1.165, 1.54) is 0 Å². The third kappa shape index (κ3) is 2.63. The van der Waals surface area contributed by atoms with Crippen LogP contribution in [0.4, 0.5) is 13.2 Å². The van der Waals surface area contributed by atoms with Crippen molar-refractivity contribution in [3.8, 4) is 5.75 Å². The maximum absolute atomic E-state index is 11.9. The third-order valence-electron chi connectivity index (χ3n) is 1.06. The molecule has 9 heteroatoms. The summed E-state index contributed by atoms with van der Waals surface area (Å²) in [6.07, 6.45) is -3.44. The van der Waals surface area contributed by atoms with Gasteiger partial charge in [-0.05, 0) is 0 Å². The van der Waals surface area contributed by atoms with Crippen LogP contribution < -0.4 is 4.65 Å². The third-order valence-corrected chi connectivity index (χ3v) is 1.06. The minimum Gasteiger partial charge on any atom is -0.509 e. The number of rotatable bonds is 2. The van der Waals surface area contributed by atoms with Crippen LogP contribution >= 0.6 is 0 Å². The van der Waals surface area contributed by atoms with Crippen LogP contribution in [0.25, 0.3) is 0 Å². The first-order valence-corrected chi connectivity index (χ1v) is 3.04. The van der Waals surface area contributed by atoms with E-state index in [9.17, 15) is 13.2 Å². The number of halogens is 3. The Morgan fingerprint density at radius 1 is 1.46 bits per heavy atom. The molecule has 1 aromatic heterocycles. The van der Waals surface area contributed by atoms with E-state index in [0.29, 0.717) is 12.4 Å². The standard InChI is InChI=1S/C4H4BF3N2O3/c6-4(7,8)10-2-3(1-9-10)13-5(11)12/h1-2,11-12H. The van der Waals surface area contributed by atoms with Crippen LogP contribution in [0.2, 0.25) is 0 Å². The number of aromatic nitrogens is 2. The second kappa shape index (κ2) is 3.26. The zero-order valence-corrected chi connectivity index (χ0v) is 6.06. The summed E-state index contributed by atoms with van der Waals surface area (Å²) in [6.45, 7) is 0. The molecule has 0 spiro atoms. The van der Waals surface area contributed by atoms with Crippen molar-refractivity contribution in [2.45, 2.75) is 6.30 Å². The number of alkyl halides is 3. The van der Waals surface area contributed by atoms with Gasteiger partial charge in [-0.25, -0.2) is 0 Å². The van der Waals surface area contributed by atoms with E-state index in [1.807, 2.05) is 0 Å². The summed E-state index contributed by atoms with van der Waals surface area (Å²) >= 11 is 0. The maximum Gasteiger partial charge on any atom is 0.707 e. The maximum atomic E-state index is 11.9. The average molecular weight is 196 g/mol. The fraction of sp³-hybridized carbons (Fsp3) is 0.250. The van der Waals surface area contributed by atoms with Crippen LogP contribution in [0, 0.1) is 0 Å². The summed E-state index contributed by atoms with van der Waals surface area (Å²) in [7, 11) is -2.16. The van der Waals surface area contributed by atoms with Gasteiger partial charge in [0.05, 0.1) is 12.4 Å². The van der Waals surface area contributed by atoms with E-state index in [2.05, 4.69) is 9.75 Å². The van der Waals surface area contributed by atoms with Gasteiger partial charge in [-0.1, -0.05) is 0 Å². The van der Waals surface area contributed by atoms with Crippen molar-refractivity contribution in [2.24, 2.45) is 0 Å². The van der Waals surface area contributed by atoms with E-state index in [0.717, 1.165) is 0 Å². The van der Waals surface area contributed by atoms with Crippen LogP contribution in [-0.2, 0) is 6.30 Å². The summed E-state index contributed by atoms with van der Waals surface area (Å²) in [5.74, 6) is -0.382. The Hall–Kier alpha value is -1.22. The lowest BCUT2D eigenvalue weighted by atomic mass is 10.3. The van der Waals surface area contributed by atoms with Crippen molar-refractivity contribution in [3.05, 3.63) is 12.4 Å². The first-order valence-electron chi connectivity index (χ1n) is 3.04. The summed E-state index contributed by atoms with van der Waals surface area (Å²) in [6, 6.07) is 0. The Bertz CT molecular complexity index is 286. The predicted octanol–water partition coefficient (Wildman–Crippen LogP) is -0.292. The highest BCUT2D eigenvalue weighted by Gasteiger charge is 2.32. The van der Waals surface area contributed by atoms with Gasteiger partial charge in [0.25, 0.3) is 0 Å². The van der Waals surface area contributed by atoms with Gasteiger partial charge >= 0.3 is 13.6 Å². The normalized spacial score (nSPS) is 11.5. The first kappa shape index (κ1) is 9.87. The van der Waals surface area contributed by atoms with E-state index in [1.54, 1.807) is 0 Å². The second-order valence-electron chi connectivity index (χ2n) is 2.03. The molecule has 2 N–H and O–H groups in total. The number of hydrogen-bond acceptors (Lipinski definition) is 4. The summed E-state index contributed by atoms with van der Waals surface area (Å²) in [5, 5.41) is 19.4. The quantitative estimate of drug-likeness (QED) is 0.637. The Balaban J connectivity index is 2.75. The van der Waals surface area contributed by atoms with Crippen LogP contribution in [0.5, 0.6) is 5.75 Å². The first-order chi connectivity index (χ1) is 5.89. The molecule has 0 aliphatic carbocycles. The van der Waals surface area contributed by atoms with Crippen molar-refractivity contribution < 1.29 is 27.9 Å². The van der Waals surface area contributed by atoms with Crippen LogP contribution in [0.15, 0.2) is 12.4 Å². The van der Waals surface area contributed by atoms with Gasteiger partial charge in [0.1, 0.15) is 5.75 Å². The monoisotopic (exact) mass is 196 g/mol. The molecule has 0 radical (unpaired) electrons. The second-order valence-corrected chi connectivity index (χ2v) is 2.03. The molecular formula is C4H4BF3N2O3. The van der Waals surface area contributed by atoms with Crippen molar-refractivity contribution >= 4 is 7.32 Å². The highest BCUT2D eigenvalue weighted by atomic mass is 19.4. The van der Waals surface area contributed by atoms with Crippen molar-refractivity contribution in [1.82, 2.24) is 9.78 Å². The zero-order chi connectivity index (χ0) is 10.1. The van der Waals surface area contributed by atoms with E-state index in [-0.39, 0.29) is 10.4 Å². The Morgan fingerprint density at radius 2 is 2.08 bits per heavy atom. The molecule has 0 amide bonds. The molecular weight excluding hydrogens is 192 g/mol. The Kier molecular flexibility index (Phi) is 2.48. The minimum atomic E-state index is -4.64. The minimum absolute atomic E-state index is 0.315. The molecule has 1 aromatic rings. The smallest absolute Gasteiger partial charge is 0.509 e. The molecule has 72 valence electrons. The molecule has 0 aromatic carbocycles. The van der Waals surface area contributed by atoms with Crippen LogP contribution in [-0.4, -0.2) is 27.1 Å². The molecule has 0 fully saturated rings. The van der Waals surface area contributed by atoms with Gasteiger partial charge in [-0.2, -0.15) is 9.78 Å². The molecule has 1 rings (SSSR count). The molecule has 0 unspecified atom stereocenters.